The minimum atomic E-state index is -3.95. The summed E-state index contributed by atoms with van der Waals surface area (Å²) in [5.74, 6) is -0.325. The number of sulfonamides is 1. The summed E-state index contributed by atoms with van der Waals surface area (Å²) in [6.07, 6.45) is 7.11. The molecular weight excluding hydrogens is 448 g/mol. The highest BCUT2D eigenvalue weighted by molar-refractivity contribution is 7.89. The first-order valence-corrected chi connectivity index (χ1v) is 12.3. The Hall–Kier alpha value is -3.09. The highest BCUT2D eigenvalue weighted by Crippen LogP contribution is 2.22. The summed E-state index contributed by atoms with van der Waals surface area (Å²) >= 11 is 0. The number of hydrogen-bond acceptors (Lipinski definition) is 8. The Bertz CT molecular complexity index is 1320. The van der Waals surface area contributed by atoms with E-state index in [1.165, 1.54) is 48.5 Å². The molecule has 33 heavy (non-hydrogen) atoms. The summed E-state index contributed by atoms with van der Waals surface area (Å²) < 4.78 is 29.7. The normalized spacial score (nSPS) is 15.1. The van der Waals surface area contributed by atoms with Crippen LogP contribution in [0.3, 0.4) is 0 Å². The lowest BCUT2D eigenvalue weighted by Crippen LogP contribution is -2.32. The maximum Gasteiger partial charge on any atom is 0.265 e. The molecule has 11 nitrogen and oxygen atoms in total. The largest absolute Gasteiger partial charge is 0.442 e. The Kier molecular flexibility index (Phi) is 6.58. The summed E-state index contributed by atoms with van der Waals surface area (Å²) in [4.78, 5) is 36.5. The standard InChI is InChI=1S/C21H26N6O5S/c1-14-17(19(28)25-15-6-7-16(23-12-15)33(22,30)31)18-20(32-14)24-13-27(21(18)29)11-5-10-26-8-3-2-4-9-26/h6-7,12-13H,2-5,8-11H2,1H3,(H,25,28)(H2,22,30,31). The number of amides is 1. The molecule has 3 N–H and O–H groups in total. The van der Waals surface area contributed by atoms with E-state index in [4.69, 9.17) is 9.56 Å². The minimum Gasteiger partial charge on any atom is -0.442 e. The van der Waals surface area contributed by atoms with Gasteiger partial charge in [-0.3, -0.25) is 14.2 Å². The van der Waals surface area contributed by atoms with Crippen LogP contribution in [0.25, 0.3) is 11.1 Å². The van der Waals surface area contributed by atoms with Crippen LogP contribution in [0.2, 0.25) is 0 Å². The van der Waals surface area contributed by atoms with Crippen molar-refractivity contribution in [3.8, 4) is 0 Å². The molecule has 176 valence electrons. The summed E-state index contributed by atoms with van der Waals surface area (Å²) in [7, 11) is -3.95. The van der Waals surface area contributed by atoms with E-state index in [1.54, 1.807) is 6.92 Å². The van der Waals surface area contributed by atoms with Crippen LogP contribution in [0.15, 0.2) is 38.9 Å². The number of carbonyl (C=O) groups excluding carboxylic acids is 1. The zero-order valence-corrected chi connectivity index (χ0v) is 19.1. The van der Waals surface area contributed by atoms with Crippen LogP contribution in [-0.4, -0.2) is 53.4 Å². The number of aromatic nitrogens is 3. The first kappa shape index (κ1) is 23.1. The second-order valence-electron chi connectivity index (χ2n) is 8.10. The lowest BCUT2D eigenvalue weighted by Gasteiger charge is -2.26. The number of fused-ring (bicyclic) bond motifs is 1. The number of nitrogens with one attached hydrogen (secondary N) is 1. The number of anilines is 1. The van der Waals surface area contributed by atoms with Crippen LogP contribution in [-0.2, 0) is 16.6 Å². The van der Waals surface area contributed by atoms with E-state index >= 15 is 0 Å². The molecule has 0 atom stereocenters. The third-order valence-corrected chi connectivity index (χ3v) is 6.51. The molecule has 1 fully saturated rings. The van der Waals surface area contributed by atoms with E-state index in [2.05, 4.69) is 20.2 Å². The van der Waals surface area contributed by atoms with Crippen molar-refractivity contribution in [1.29, 1.82) is 0 Å². The fraction of sp³-hybridized carbons (Fsp3) is 0.429. The SMILES string of the molecule is Cc1oc2ncn(CCCN3CCCCC3)c(=O)c2c1C(=O)Nc1ccc(S(N)(=O)=O)nc1. The third kappa shape index (κ3) is 5.13. The molecule has 0 spiro atoms. The minimum absolute atomic E-state index is 0.0865. The third-order valence-electron chi connectivity index (χ3n) is 5.69. The maximum absolute atomic E-state index is 13.1. The zero-order valence-electron chi connectivity index (χ0n) is 18.3. The van der Waals surface area contributed by atoms with Gasteiger partial charge in [0.2, 0.25) is 5.71 Å². The second kappa shape index (κ2) is 9.41. The van der Waals surface area contributed by atoms with Gasteiger partial charge in [0.25, 0.3) is 21.5 Å². The molecule has 4 heterocycles. The summed E-state index contributed by atoms with van der Waals surface area (Å²) in [6.45, 7) is 5.15. The molecular formula is C21H26N6O5S. The molecule has 12 heteroatoms. The topological polar surface area (TPSA) is 153 Å². The van der Waals surface area contributed by atoms with Gasteiger partial charge in [-0.05, 0) is 58.0 Å². The van der Waals surface area contributed by atoms with E-state index in [9.17, 15) is 18.0 Å². The van der Waals surface area contributed by atoms with Crippen LogP contribution in [0.4, 0.5) is 5.69 Å². The fourth-order valence-electron chi connectivity index (χ4n) is 4.03. The Morgan fingerprint density at radius 3 is 2.61 bits per heavy atom. The number of carbonyl (C=O) groups is 1. The number of nitrogens with zero attached hydrogens (tertiary/aromatic N) is 4. The average Bonchev–Trinajstić information content (AvgIpc) is 3.12. The smallest absolute Gasteiger partial charge is 0.265 e. The van der Waals surface area contributed by atoms with Crippen LogP contribution in [0.1, 0.15) is 41.8 Å². The molecule has 1 aliphatic rings. The molecule has 3 aromatic rings. The fourth-order valence-corrected chi connectivity index (χ4v) is 4.49. The van der Waals surface area contributed by atoms with Gasteiger partial charge in [-0.25, -0.2) is 23.5 Å². The molecule has 0 unspecified atom stereocenters. The molecule has 0 radical (unpaired) electrons. The Morgan fingerprint density at radius 2 is 1.94 bits per heavy atom. The maximum atomic E-state index is 13.1. The van der Waals surface area contributed by atoms with Crippen molar-refractivity contribution in [2.75, 3.05) is 25.0 Å². The second-order valence-corrected chi connectivity index (χ2v) is 9.60. The number of nitrogens with two attached hydrogens (primary N) is 1. The highest BCUT2D eigenvalue weighted by atomic mass is 32.2. The molecule has 1 saturated heterocycles. The Balaban J connectivity index is 1.54. The number of pyridine rings is 1. The monoisotopic (exact) mass is 474 g/mol. The van der Waals surface area contributed by atoms with Gasteiger partial charge >= 0.3 is 0 Å². The van der Waals surface area contributed by atoms with Crippen molar-refractivity contribution < 1.29 is 17.6 Å². The highest BCUT2D eigenvalue weighted by Gasteiger charge is 2.23. The molecule has 0 aliphatic carbocycles. The van der Waals surface area contributed by atoms with Crippen LogP contribution in [0, 0.1) is 6.92 Å². The number of likely N-dealkylation sites (tertiary alicyclic amines) is 1. The van der Waals surface area contributed by atoms with Gasteiger partial charge in [0.05, 0.1) is 17.4 Å². The van der Waals surface area contributed by atoms with Crippen molar-refractivity contribution in [1.82, 2.24) is 19.4 Å². The quantitative estimate of drug-likeness (QED) is 0.522. The predicted octanol–water partition coefficient (Wildman–Crippen LogP) is 1.47. The van der Waals surface area contributed by atoms with E-state index in [-0.39, 0.29) is 38.7 Å². The van der Waals surface area contributed by atoms with Crippen LogP contribution in [0.5, 0.6) is 0 Å². The summed E-state index contributed by atoms with van der Waals surface area (Å²) in [6, 6.07) is 2.54. The van der Waals surface area contributed by atoms with E-state index < -0.39 is 15.9 Å². The van der Waals surface area contributed by atoms with Crippen molar-refractivity contribution in [3.63, 3.8) is 0 Å². The van der Waals surface area contributed by atoms with Crippen molar-refractivity contribution in [3.05, 3.63) is 46.3 Å². The van der Waals surface area contributed by atoms with E-state index in [0.717, 1.165) is 26.1 Å². The van der Waals surface area contributed by atoms with Gasteiger partial charge in [-0.15, -0.1) is 0 Å². The van der Waals surface area contributed by atoms with E-state index in [0.29, 0.717) is 6.54 Å². The molecule has 4 rings (SSSR count). The number of aryl methyl sites for hydroxylation is 2. The average molecular weight is 475 g/mol. The van der Waals surface area contributed by atoms with Crippen LogP contribution >= 0.6 is 0 Å². The number of primary sulfonamides is 1. The summed E-state index contributed by atoms with van der Waals surface area (Å²) in [5.41, 5.74) is 0.0799. The van der Waals surface area contributed by atoms with Crippen molar-refractivity contribution in [2.24, 2.45) is 5.14 Å². The number of furan rings is 1. The number of hydrogen-bond donors (Lipinski definition) is 2. The number of rotatable bonds is 7. The van der Waals surface area contributed by atoms with Gasteiger partial charge in [0.1, 0.15) is 17.5 Å². The van der Waals surface area contributed by atoms with Gasteiger partial charge < -0.3 is 14.6 Å². The lowest BCUT2D eigenvalue weighted by atomic mass is 10.1. The van der Waals surface area contributed by atoms with Crippen LogP contribution < -0.4 is 16.0 Å². The Labute approximate surface area is 190 Å². The molecule has 3 aromatic heterocycles. The zero-order chi connectivity index (χ0) is 23.6. The molecule has 0 bridgehead atoms. The molecule has 0 saturated carbocycles. The van der Waals surface area contributed by atoms with Gasteiger partial charge in [-0.1, -0.05) is 6.42 Å². The van der Waals surface area contributed by atoms with Gasteiger partial charge in [-0.2, -0.15) is 0 Å². The van der Waals surface area contributed by atoms with Crippen molar-refractivity contribution >= 4 is 32.7 Å². The molecule has 0 aromatic carbocycles. The van der Waals surface area contributed by atoms with Gasteiger partial charge in [0.15, 0.2) is 5.03 Å². The van der Waals surface area contributed by atoms with Gasteiger partial charge in [0, 0.05) is 6.54 Å². The molecule has 1 aliphatic heterocycles. The Morgan fingerprint density at radius 1 is 1.18 bits per heavy atom. The first-order chi connectivity index (χ1) is 15.7. The van der Waals surface area contributed by atoms with Crippen molar-refractivity contribution in [2.45, 2.75) is 44.2 Å². The lowest BCUT2D eigenvalue weighted by molar-refractivity contribution is 0.102. The first-order valence-electron chi connectivity index (χ1n) is 10.7. The number of piperidine rings is 1. The predicted molar refractivity (Wildman–Crippen MR) is 121 cm³/mol. The van der Waals surface area contributed by atoms with E-state index in [1.807, 2.05) is 0 Å². The molecule has 1 amide bonds. The summed E-state index contributed by atoms with van der Waals surface area (Å²) in [5, 5.41) is 7.44.